The van der Waals surface area contributed by atoms with Crippen molar-refractivity contribution in [2.45, 2.75) is 27.3 Å². The van der Waals surface area contributed by atoms with Crippen molar-refractivity contribution in [2.75, 3.05) is 6.54 Å². The zero-order valence-corrected chi connectivity index (χ0v) is 7.78. The summed E-state index contributed by atoms with van der Waals surface area (Å²) in [6.07, 6.45) is 1.77. The second-order valence-electron chi connectivity index (χ2n) is 2.46. The van der Waals surface area contributed by atoms with Gasteiger partial charge in [0.2, 0.25) is 0 Å². The van der Waals surface area contributed by atoms with E-state index >= 15 is 0 Å². The predicted molar refractivity (Wildman–Crippen MR) is 48.6 cm³/mol. The molecule has 0 aliphatic heterocycles. The van der Waals surface area contributed by atoms with Gasteiger partial charge in [-0.3, -0.25) is 4.99 Å². The number of rotatable bonds is 3. The molecule has 1 heterocycles. The molecule has 12 heavy (non-hydrogen) atoms. The molecule has 0 radical (unpaired) electrons. The maximum absolute atomic E-state index is 4.22. The molecule has 0 unspecified atom stereocenters. The Labute approximate surface area is 72.3 Å². The molecule has 0 spiro atoms. The van der Waals surface area contributed by atoms with E-state index in [1.165, 1.54) is 0 Å². The first-order valence-electron chi connectivity index (χ1n) is 4.19. The van der Waals surface area contributed by atoms with Gasteiger partial charge in [0.15, 0.2) is 5.82 Å². The Bertz CT molecular complexity index is 275. The van der Waals surface area contributed by atoms with Gasteiger partial charge in [-0.2, -0.15) is 5.10 Å². The van der Waals surface area contributed by atoms with Crippen LogP contribution in [-0.4, -0.2) is 27.5 Å². The summed E-state index contributed by atoms with van der Waals surface area (Å²) in [5.74, 6) is 1.64. The van der Waals surface area contributed by atoms with Gasteiger partial charge in [0.1, 0.15) is 5.82 Å². The third-order valence-corrected chi connectivity index (χ3v) is 1.50. The van der Waals surface area contributed by atoms with Crippen LogP contribution in [0, 0.1) is 6.92 Å². The third kappa shape index (κ3) is 1.90. The molecular formula is C8H14N4. The summed E-state index contributed by atoms with van der Waals surface area (Å²) in [5.41, 5.74) is 0. The standard InChI is InChI=1S/C8H14N4/c1-4-9-6-8-10-7(3)11-12(8)5-2/h6H,4-5H2,1-3H3/b9-6-. The van der Waals surface area contributed by atoms with Gasteiger partial charge >= 0.3 is 0 Å². The van der Waals surface area contributed by atoms with Crippen molar-refractivity contribution in [3.63, 3.8) is 0 Å². The van der Waals surface area contributed by atoms with Crippen LogP contribution < -0.4 is 0 Å². The van der Waals surface area contributed by atoms with Gasteiger partial charge in [-0.1, -0.05) is 0 Å². The summed E-state index contributed by atoms with van der Waals surface area (Å²) >= 11 is 0. The largest absolute Gasteiger partial charge is 0.290 e. The monoisotopic (exact) mass is 166 g/mol. The van der Waals surface area contributed by atoms with Crippen molar-refractivity contribution in [1.29, 1.82) is 0 Å². The van der Waals surface area contributed by atoms with E-state index in [-0.39, 0.29) is 0 Å². The summed E-state index contributed by atoms with van der Waals surface area (Å²) in [6.45, 7) is 7.55. The minimum atomic E-state index is 0.787. The molecule has 0 aliphatic carbocycles. The summed E-state index contributed by atoms with van der Waals surface area (Å²) in [6, 6.07) is 0. The molecule has 1 aromatic rings. The zero-order valence-electron chi connectivity index (χ0n) is 7.78. The Hall–Kier alpha value is -1.19. The van der Waals surface area contributed by atoms with Gasteiger partial charge in [-0.05, 0) is 20.8 Å². The molecule has 66 valence electrons. The summed E-state index contributed by atoms with van der Waals surface area (Å²) in [7, 11) is 0. The van der Waals surface area contributed by atoms with Gasteiger partial charge in [-0.15, -0.1) is 0 Å². The highest BCUT2D eigenvalue weighted by Crippen LogP contribution is 1.94. The van der Waals surface area contributed by atoms with Crippen LogP contribution in [0.15, 0.2) is 4.99 Å². The van der Waals surface area contributed by atoms with Crippen molar-refractivity contribution in [1.82, 2.24) is 14.8 Å². The molecule has 0 atom stereocenters. The van der Waals surface area contributed by atoms with Crippen LogP contribution >= 0.6 is 0 Å². The lowest BCUT2D eigenvalue weighted by Crippen LogP contribution is -2.02. The molecule has 0 bridgehead atoms. The molecule has 0 aromatic carbocycles. The van der Waals surface area contributed by atoms with Gasteiger partial charge in [0.25, 0.3) is 0 Å². The van der Waals surface area contributed by atoms with E-state index in [0.717, 1.165) is 24.7 Å². The molecule has 0 N–H and O–H groups in total. The van der Waals surface area contributed by atoms with E-state index in [0.29, 0.717) is 0 Å². The van der Waals surface area contributed by atoms with Crippen LogP contribution in [0.25, 0.3) is 0 Å². The summed E-state index contributed by atoms with van der Waals surface area (Å²) in [5, 5.41) is 4.20. The topological polar surface area (TPSA) is 43.1 Å². The van der Waals surface area contributed by atoms with E-state index in [4.69, 9.17) is 0 Å². The maximum Gasteiger partial charge on any atom is 0.169 e. The fourth-order valence-electron chi connectivity index (χ4n) is 0.973. The number of hydrogen-bond acceptors (Lipinski definition) is 3. The number of hydrogen-bond donors (Lipinski definition) is 0. The Kier molecular flexibility index (Phi) is 2.96. The molecule has 4 heteroatoms. The highest BCUT2D eigenvalue weighted by atomic mass is 15.3. The number of aromatic nitrogens is 3. The van der Waals surface area contributed by atoms with Gasteiger partial charge < -0.3 is 0 Å². The van der Waals surface area contributed by atoms with Crippen molar-refractivity contribution < 1.29 is 0 Å². The first-order chi connectivity index (χ1) is 5.77. The third-order valence-electron chi connectivity index (χ3n) is 1.50. The van der Waals surface area contributed by atoms with Crippen LogP contribution in [0.2, 0.25) is 0 Å². The molecule has 1 rings (SSSR count). The van der Waals surface area contributed by atoms with E-state index in [1.807, 2.05) is 25.5 Å². The lowest BCUT2D eigenvalue weighted by Gasteiger charge is -1.94. The smallest absolute Gasteiger partial charge is 0.169 e. The van der Waals surface area contributed by atoms with Crippen molar-refractivity contribution >= 4 is 6.21 Å². The lowest BCUT2D eigenvalue weighted by molar-refractivity contribution is 0.648. The van der Waals surface area contributed by atoms with Gasteiger partial charge in [-0.25, -0.2) is 9.67 Å². The SMILES string of the molecule is CC/N=C\c1nc(C)nn1CC. The number of aliphatic imine (C=N–C) groups is 1. The highest BCUT2D eigenvalue weighted by Gasteiger charge is 2.01. The Morgan fingerprint density at radius 2 is 2.25 bits per heavy atom. The molecule has 1 aromatic heterocycles. The predicted octanol–water partition coefficient (Wildman–Crippen LogP) is 1.05. The number of nitrogens with zero attached hydrogens (tertiary/aromatic N) is 4. The molecule has 0 aliphatic rings. The lowest BCUT2D eigenvalue weighted by atomic mass is 10.6. The van der Waals surface area contributed by atoms with Crippen molar-refractivity contribution in [2.24, 2.45) is 4.99 Å². The van der Waals surface area contributed by atoms with E-state index in [2.05, 4.69) is 15.1 Å². The summed E-state index contributed by atoms with van der Waals surface area (Å²) in [4.78, 5) is 8.34. The highest BCUT2D eigenvalue weighted by molar-refractivity contribution is 5.74. The molecule has 0 amide bonds. The Morgan fingerprint density at radius 3 is 2.83 bits per heavy atom. The van der Waals surface area contributed by atoms with Crippen LogP contribution in [-0.2, 0) is 6.54 Å². The van der Waals surface area contributed by atoms with Crippen LogP contribution in [0.5, 0.6) is 0 Å². The maximum atomic E-state index is 4.22. The molecular weight excluding hydrogens is 152 g/mol. The minimum absolute atomic E-state index is 0.787. The van der Waals surface area contributed by atoms with Crippen molar-refractivity contribution in [3.8, 4) is 0 Å². The van der Waals surface area contributed by atoms with Gasteiger partial charge in [0, 0.05) is 13.1 Å². The van der Waals surface area contributed by atoms with Crippen molar-refractivity contribution in [3.05, 3.63) is 11.6 Å². The fraction of sp³-hybridized carbons (Fsp3) is 0.625. The average Bonchev–Trinajstić information content (AvgIpc) is 2.42. The Balaban J connectivity index is 2.89. The van der Waals surface area contributed by atoms with E-state index < -0.39 is 0 Å². The Morgan fingerprint density at radius 1 is 1.50 bits per heavy atom. The second kappa shape index (κ2) is 3.99. The quantitative estimate of drug-likeness (QED) is 0.630. The average molecular weight is 166 g/mol. The van der Waals surface area contributed by atoms with Crippen LogP contribution in [0.1, 0.15) is 25.5 Å². The molecule has 0 saturated carbocycles. The van der Waals surface area contributed by atoms with Crippen LogP contribution in [0.3, 0.4) is 0 Å². The summed E-state index contributed by atoms with van der Waals surface area (Å²) < 4.78 is 1.84. The molecule has 4 nitrogen and oxygen atoms in total. The first kappa shape index (κ1) is 8.90. The van der Waals surface area contributed by atoms with Crippen LogP contribution in [0.4, 0.5) is 0 Å². The van der Waals surface area contributed by atoms with E-state index in [9.17, 15) is 0 Å². The van der Waals surface area contributed by atoms with Gasteiger partial charge in [0.05, 0.1) is 6.21 Å². The normalized spacial score (nSPS) is 11.2. The first-order valence-corrected chi connectivity index (χ1v) is 4.19. The number of aryl methyl sites for hydroxylation is 2. The minimum Gasteiger partial charge on any atom is -0.290 e. The molecule has 0 fully saturated rings. The molecule has 0 saturated heterocycles. The second-order valence-corrected chi connectivity index (χ2v) is 2.46. The van der Waals surface area contributed by atoms with E-state index in [1.54, 1.807) is 6.21 Å². The fourth-order valence-corrected chi connectivity index (χ4v) is 0.973. The zero-order chi connectivity index (χ0) is 8.97.